The fraction of sp³-hybridized carbons (Fsp3) is 0.0625. The Morgan fingerprint density at radius 2 is 1.77 bits per heavy atom. The van der Waals surface area contributed by atoms with E-state index >= 15 is 0 Å². The van der Waals surface area contributed by atoms with Gasteiger partial charge in [-0.3, -0.25) is 10.1 Å². The number of nitrogens with zero attached hydrogens (tertiary/aromatic N) is 2. The first-order chi connectivity index (χ1) is 10.7. The number of anilines is 1. The highest BCUT2D eigenvalue weighted by atomic mass is 127. The number of hydrogen-bond donors (Lipinski definition) is 1. The van der Waals surface area contributed by atoms with Crippen LogP contribution in [0.4, 0.5) is 6.01 Å². The molecule has 0 bridgehead atoms. The fourth-order valence-corrected chi connectivity index (χ4v) is 2.59. The third kappa shape index (κ3) is 3.51. The average Bonchev–Trinajstić information content (AvgIpc) is 2.95. The highest BCUT2D eigenvalue weighted by molar-refractivity contribution is 14.1. The van der Waals surface area contributed by atoms with Gasteiger partial charge in [0.1, 0.15) is 0 Å². The smallest absolute Gasteiger partial charge is 0.322 e. The molecule has 0 atom stereocenters. The standard InChI is InChI=1S/C16H12IN3O2/c17-13-9-5-4-8-12(13)15(21)18-16-20-19-14(22-16)10-11-6-2-1-3-7-11/h1-9H,10H2,(H,18,20,21). The molecule has 1 amide bonds. The maximum atomic E-state index is 12.2. The van der Waals surface area contributed by atoms with Gasteiger partial charge >= 0.3 is 6.01 Å². The molecule has 5 nitrogen and oxygen atoms in total. The molecule has 0 fully saturated rings. The molecular formula is C16H12IN3O2. The van der Waals surface area contributed by atoms with Gasteiger partial charge in [-0.2, -0.15) is 0 Å². The van der Waals surface area contributed by atoms with E-state index < -0.39 is 0 Å². The summed E-state index contributed by atoms with van der Waals surface area (Å²) in [7, 11) is 0. The Kier molecular flexibility index (Phi) is 4.47. The molecule has 1 aromatic heterocycles. The number of carbonyl (C=O) groups excluding carboxylic acids is 1. The lowest BCUT2D eigenvalue weighted by atomic mass is 10.2. The molecule has 110 valence electrons. The summed E-state index contributed by atoms with van der Waals surface area (Å²) in [6, 6.07) is 17.2. The van der Waals surface area contributed by atoms with E-state index in [1.807, 2.05) is 48.5 Å². The van der Waals surface area contributed by atoms with Gasteiger partial charge in [-0.15, -0.1) is 5.10 Å². The van der Waals surface area contributed by atoms with Crippen molar-refractivity contribution in [1.29, 1.82) is 0 Å². The SMILES string of the molecule is O=C(Nc1nnc(Cc2ccccc2)o1)c1ccccc1I. The zero-order valence-electron chi connectivity index (χ0n) is 11.5. The Hall–Kier alpha value is -2.22. The molecular weight excluding hydrogens is 393 g/mol. The number of benzene rings is 2. The maximum absolute atomic E-state index is 12.2. The Labute approximate surface area is 140 Å². The van der Waals surface area contributed by atoms with Crippen molar-refractivity contribution in [2.75, 3.05) is 5.32 Å². The lowest BCUT2D eigenvalue weighted by Crippen LogP contribution is -2.13. The molecule has 0 spiro atoms. The van der Waals surface area contributed by atoms with Crippen molar-refractivity contribution in [2.45, 2.75) is 6.42 Å². The van der Waals surface area contributed by atoms with Crippen molar-refractivity contribution in [1.82, 2.24) is 10.2 Å². The van der Waals surface area contributed by atoms with Crippen molar-refractivity contribution >= 4 is 34.5 Å². The second-order valence-corrected chi connectivity index (χ2v) is 5.76. The van der Waals surface area contributed by atoms with Gasteiger partial charge in [-0.05, 0) is 40.3 Å². The first-order valence-corrected chi connectivity index (χ1v) is 7.72. The predicted octanol–water partition coefficient (Wildman–Crippen LogP) is 3.52. The summed E-state index contributed by atoms with van der Waals surface area (Å²) in [4.78, 5) is 12.2. The molecule has 2 aromatic carbocycles. The van der Waals surface area contributed by atoms with E-state index in [1.165, 1.54) is 0 Å². The van der Waals surface area contributed by atoms with Crippen molar-refractivity contribution in [3.8, 4) is 0 Å². The Balaban J connectivity index is 1.69. The van der Waals surface area contributed by atoms with Gasteiger partial charge in [0.05, 0.1) is 12.0 Å². The number of carbonyl (C=O) groups is 1. The number of nitrogens with one attached hydrogen (secondary N) is 1. The number of rotatable bonds is 4. The predicted molar refractivity (Wildman–Crippen MR) is 90.7 cm³/mol. The van der Waals surface area contributed by atoms with Crippen molar-refractivity contribution < 1.29 is 9.21 Å². The monoisotopic (exact) mass is 405 g/mol. The number of halogens is 1. The van der Waals surface area contributed by atoms with E-state index in [1.54, 1.807) is 6.07 Å². The van der Waals surface area contributed by atoms with Crippen molar-refractivity contribution in [3.63, 3.8) is 0 Å². The van der Waals surface area contributed by atoms with E-state index in [2.05, 4.69) is 38.1 Å². The largest absolute Gasteiger partial charge is 0.407 e. The number of aromatic nitrogens is 2. The zero-order valence-corrected chi connectivity index (χ0v) is 13.6. The summed E-state index contributed by atoms with van der Waals surface area (Å²) < 4.78 is 6.33. The van der Waals surface area contributed by atoms with Crippen LogP contribution in [0, 0.1) is 3.57 Å². The minimum Gasteiger partial charge on any atom is -0.407 e. The van der Waals surface area contributed by atoms with Gasteiger partial charge < -0.3 is 4.42 Å². The molecule has 0 saturated carbocycles. The zero-order chi connectivity index (χ0) is 15.4. The minimum absolute atomic E-state index is 0.107. The molecule has 1 N–H and O–H groups in total. The first-order valence-electron chi connectivity index (χ1n) is 6.64. The summed E-state index contributed by atoms with van der Waals surface area (Å²) in [5.41, 5.74) is 1.65. The normalized spacial score (nSPS) is 10.4. The van der Waals surface area contributed by atoms with Crippen LogP contribution in [0.25, 0.3) is 0 Å². The Morgan fingerprint density at radius 1 is 1.05 bits per heavy atom. The lowest BCUT2D eigenvalue weighted by Gasteiger charge is -2.02. The molecule has 0 radical (unpaired) electrons. The van der Waals surface area contributed by atoms with Crippen LogP contribution in [-0.4, -0.2) is 16.1 Å². The van der Waals surface area contributed by atoms with Gasteiger partial charge in [0.25, 0.3) is 5.91 Å². The van der Waals surface area contributed by atoms with E-state index in [9.17, 15) is 4.79 Å². The van der Waals surface area contributed by atoms with E-state index in [4.69, 9.17) is 4.42 Å². The van der Waals surface area contributed by atoms with Crippen LogP contribution in [0.3, 0.4) is 0 Å². The second-order valence-electron chi connectivity index (χ2n) is 4.60. The van der Waals surface area contributed by atoms with Gasteiger partial charge in [-0.1, -0.05) is 47.6 Å². The van der Waals surface area contributed by atoms with Gasteiger partial charge in [0.15, 0.2) is 0 Å². The summed E-state index contributed by atoms with van der Waals surface area (Å²) in [6.07, 6.45) is 0.534. The van der Waals surface area contributed by atoms with Crippen LogP contribution < -0.4 is 5.32 Å². The number of amides is 1. The van der Waals surface area contributed by atoms with Crippen LogP contribution in [0.15, 0.2) is 59.0 Å². The highest BCUT2D eigenvalue weighted by Crippen LogP contribution is 2.15. The lowest BCUT2D eigenvalue weighted by molar-refractivity contribution is 0.102. The minimum atomic E-state index is -0.264. The van der Waals surface area contributed by atoms with Crippen LogP contribution in [0.5, 0.6) is 0 Å². The molecule has 0 saturated heterocycles. The highest BCUT2D eigenvalue weighted by Gasteiger charge is 2.13. The van der Waals surface area contributed by atoms with Crippen LogP contribution in [-0.2, 0) is 6.42 Å². The quantitative estimate of drug-likeness (QED) is 0.675. The Morgan fingerprint density at radius 3 is 2.55 bits per heavy atom. The number of hydrogen-bond acceptors (Lipinski definition) is 4. The van der Waals surface area contributed by atoms with E-state index in [-0.39, 0.29) is 11.9 Å². The van der Waals surface area contributed by atoms with E-state index in [0.29, 0.717) is 17.9 Å². The van der Waals surface area contributed by atoms with Gasteiger partial charge in [0, 0.05) is 3.57 Å². The summed E-state index contributed by atoms with van der Waals surface area (Å²) in [5.74, 6) is 0.198. The molecule has 0 aliphatic rings. The molecule has 3 aromatic rings. The molecule has 6 heteroatoms. The van der Waals surface area contributed by atoms with Crippen molar-refractivity contribution in [3.05, 3.63) is 75.2 Å². The molecule has 1 heterocycles. The third-order valence-corrected chi connectivity index (χ3v) is 3.94. The van der Waals surface area contributed by atoms with Crippen LogP contribution >= 0.6 is 22.6 Å². The molecule has 0 aliphatic heterocycles. The molecule has 3 rings (SSSR count). The fourth-order valence-electron chi connectivity index (χ4n) is 1.96. The molecule has 0 unspecified atom stereocenters. The summed E-state index contributed by atoms with van der Waals surface area (Å²) >= 11 is 2.11. The topological polar surface area (TPSA) is 68.0 Å². The van der Waals surface area contributed by atoms with E-state index in [0.717, 1.165) is 9.13 Å². The average molecular weight is 405 g/mol. The van der Waals surface area contributed by atoms with Gasteiger partial charge in [-0.25, -0.2) is 0 Å². The van der Waals surface area contributed by atoms with Gasteiger partial charge in [0.2, 0.25) is 5.89 Å². The van der Waals surface area contributed by atoms with Crippen molar-refractivity contribution in [2.24, 2.45) is 0 Å². The Bertz CT molecular complexity index is 787. The second kappa shape index (κ2) is 6.69. The maximum Gasteiger partial charge on any atom is 0.322 e. The first kappa shape index (κ1) is 14.7. The van der Waals surface area contributed by atoms with Crippen LogP contribution in [0.1, 0.15) is 21.8 Å². The van der Waals surface area contributed by atoms with Crippen LogP contribution in [0.2, 0.25) is 0 Å². The summed E-state index contributed by atoms with van der Waals surface area (Å²) in [6.45, 7) is 0. The summed E-state index contributed by atoms with van der Waals surface area (Å²) in [5, 5.41) is 10.4. The third-order valence-electron chi connectivity index (χ3n) is 3.00. The molecule has 0 aliphatic carbocycles. The molecule has 22 heavy (non-hydrogen) atoms.